The Balaban J connectivity index is 1.46. The lowest BCUT2D eigenvalue weighted by Gasteiger charge is -2.20. The maximum atomic E-state index is 12.7. The summed E-state index contributed by atoms with van der Waals surface area (Å²) in [5, 5.41) is 8.45. The number of aryl methyl sites for hydroxylation is 1. The number of nitrogens with one attached hydrogen (secondary N) is 2. The molecule has 3 aromatic rings. The summed E-state index contributed by atoms with van der Waals surface area (Å²) in [5.74, 6) is -0.414. The first-order chi connectivity index (χ1) is 13.2. The van der Waals surface area contributed by atoms with Crippen LogP contribution in [0.25, 0.3) is 0 Å². The van der Waals surface area contributed by atoms with E-state index in [1.807, 2.05) is 35.7 Å². The number of thiophene rings is 1. The number of anilines is 1. The Bertz CT molecular complexity index is 936. The van der Waals surface area contributed by atoms with E-state index in [9.17, 15) is 9.59 Å². The molecule has 1 atom stereocenters. The van der Waals surface area contributed by atoms with E-state index >= 15 is 0 Å². The summed E-state index contributed by atoms with van der Waals surface area (Å²) >= 11 is 3.10. The fourth-order valence-corrected chi connectivity index (χ4v) is 4.90. The lowest BCUT2D eigenvalue weighted by atomic mass is 9.90. The zero-order chi connectivity index (χ0) is 18.6. The molecule has 2 N–H and O–H groups in total. The van der Waals surface area contributed by atoms with Gasteiger partial charge in [-0.15, -0.1) is 22.7 Å². The van der Waals surface area contributed by atoms with E-state index in [4.69, 9.17) is 0 Å². The van der Waals surface area contributed by atoms with E-state index in [0.717, 1.165) is 34.7 Å². The van der Waals surface area contributed by atoms with Gasteiger partial charge in [0, 0.05) is 15.3 Å². The van der Waals surface area contributed by atoms with Gasteiger partial charge in [0.1, 0.15) is 0 Å². The van der Waals surface area contributed by atoms with Gasteiger partial charge in [-0.25, -0.2) is 4.98 Å². The second kappa shape index (κ2) is 8.02. The van der Waals surface area contributed by atoms with Crippen molar-refractivity contribution in [2.75, 3.05) is 5.32 Å². The third-order valence-corrected chi connectivity index (χ3v) is 6.47. The van der Waals surface area contributed by atoms with Crippen molar-refractivity contribution in [3.05, 3.63) is 68.9 Å². The molecule has 1 aromatic carbocycles. The number of thiazole rings is 1. The van der Waals surface area contributed by atoms with Crippen molar-refractivity contribution in [2.45, 2.75) is 31.7 Å². The Morgan fingerprint density at radius 3 is 2.78 bits per heavy atom. The lowest BCUT2D eigenvalue weighted by Crippen LogP contribution is -2.30. The van der Waals surface area contributed by atoms with Gasteiger partial charge in [0.15, 0.2) is 5.13 Å². The number of rotatable bonds is 5. The highest BCUT2D eigenvalue weighted by atomic mass is 32.1. The molecule has 0 aliphatic heterocycles. The molecular formula is C20H19N3O2S2. The monoisotopic (exact) mass is 397 g/mol. The Morgan fingerprint density at radius 2 is 2.00 bits per heavy atom. The second-order valence-electron chi connectivity index (χ2n) is 6.39. The molecule has 0 bridgehead atoms. The summed E-state index contributed by atoms with van der Waals surface area (Å²) in [4.78, 5) is 31.9. The normalized spacial score (nSPS) is 15.8. The van der Waals surface area contributed by atoms with Crippen molar-refractivity contribution in [1.29, 1.82) is 0 Å². The maximum absolute atomic E-state index is 12.7. The summed E-state index contributed by atoms with van der Waals surface area (Å²) in [5.41, 5.74) is 1.41. The van der Waals surface area contributed by atoms with Gasteiger partial charge >= 0.3 is 0 Å². The lowest BCUT2D eigenvalue weighted by molar-refractivity contribution is -0.123. The number of amides is 2. The van der Waals surface area contributed by atoms with Gasteiger partial charge in [0.25, 0.3) is 5.91 Å². The third kappa shape index (κ3) is 4.09. The minimum Gasteiger partial charge on any atom is -0.351 e. The summed E-state index contributed by atoms with van der Waals surface area (Å²) in [6.07, 6.45) is 2.65. The molecule has 2 amide bonds. The zero-order valence-corrected chi connectivity index (χ0v) is 16.2. The number of fused-ring (bicyclic) bond motifs is 1. The predicted octanol–water partition coefficient (Wildman–Crippen LogP) is 4.19. The van der Waals surface area contributed by atoms with E-state index in [-0.39, 0.29) is 17.7 Å². The van der Waals surface area contributed by atoms with Crippen LogP contribution in [0.15, 0.2) is 47.8 Å². The predicted molar refractivity (Wildman–Crippen MR) is 108 cm³/mol. The van der Waals surface area contributed by atoms with E-state index in [2.05, 4.69) is 15.6 Å². The molecule has 0 saturated carbocycles. The van der Waals surface area contributed by atoms with Crippen molar-refractivity contribution >= 4 is 39.6 Å². The molecule has 1 aliphatic rings. The van der Waals surface area contributed by atoms with Crippen LogP contribution in [0, 0.1) is 0 Å². The first-order valence-electron chi connectivity index (χ1n) is 8.87. The molecule has 4 rings (SSSR count). The van der Waals surface area contributed by atoms with Crippen LogP contribution in [0.2, 0.25) is 0 Å². The van der Waals surface area contributed by atoms with Gasteiger partial charge in [-0.2, -0.15) is 0 Å². The molecule has 0 radical (unpaired) electrons. The molecule has 2 aromatic heterocycles. The topological polar surface area (TPSA) is 71.1 Å². The molecule has 0 spiro atoms. The largest absolute Gasteiger partial charge is 0.351 e. The molecule has 1 aliphatic carbocycles. The van der Waals surface area contributed by atoms with Gasteiger partial charge in [-0.1, -0.05) is 24.3 Å². The number of carbonyl (C=O) groups is 2. The van der Waals surface area contributed by atoms with Gasteiger partial charge in [0.2, 0.25) is 5.91 Å². The first-order valence-corrected chi connectivity index (χ1v) is 10.6. The highest BCUT2D eigenvalue weighted by molar-refractivity contribution is 7.16. The minimum atomic E-state index is -0.243. The van der Waals surface area contributed by atoms with Gasteiger partial charge in [0.05, 0.1) is 18.2 Å². The summed E-state index contributed by atoms with van der Waals surface area (Å²) < 4.78 is 0. The van der Waals surface area contributed by atoms with Crippen LogP contribution in [0.3, 0.4) is 0 Å². The molecular weight excluding hydrogens is 378 g/mol. The van der Waals surface area contributed by atoms with Crippen molar-refractivity contribution in [3.8, 4) is 0 Å². The van der Waals surface area contributed by atoms with Crippen molar-refractivity contribution in [2.24, 2.45) is 0 Å². The van der Waals surface area contributed by atoms with Gasteiger partial charge in [-0.3, -0.25) is 14.9 Å². The number of hydrogen-bond acceptors (Lipinski definition) is 5. The molecule has 2 heterocycles. The van der Waals surface area contributed by atoms with Crippen LogP contribution in [-0.2, 0) is 17.8 Å². The average Bonchev–Trinajstić information content (AvgIpc) is 3.35. The van der Waals surface area contributed by atoms with Crippen LogP contribution in [0.4, 0.5) is 5.13 Å². The Kier molecular flexibility index (Phi) is 5.31. The summed E-state index contributed by atoms with van der Waals surface area (Å²) in [6.45, 7) is 0.546. The second-order valence-corrected chi connectivity index (χ2v) is 8.51. The van der Waals surface area contributed by atoms with E-state index in [0.29, 0.717) is 17.2 Å². The van der Waals surface area contributed by atoms with Crippen LogP contribution in [0.5, 0.6) is 0 Å². The molecule has 0 saturated heterocycles. The molecule has 5 nitrogen and oxygen atoms in total. The smallest absolute Gasteiger partial charge is 0.257 e. The molecule has 0 fully saturated rings. The number of benzene rings is 1. The van der Waals surface area contributed by atoms with Crippen LogP contribution < -0.4 is 10.6 Å². The fraction of sp³-hybridized carbons (Fsp3) is 0.250. The van der Waals surface area contributed by atoms with Crippen LogP contribution in [0.1, 0.15) is 44.6 Å². The fourth-order valence-electron chi connectivity index (χ4n) is 3.20. The quantitative estimate of drug-likeness (QED) is 0.678. The summed E-state index contributed by atoms with van der Waals surface area (Å²) in [6, 6.07) is 13.1. The Labute approximate surface area is 165 Å². The van der Waals surface area contributed by atoms with Crippen molar-refractivity contribution in [1.82, 2.24) is 10.3 Å². The molecule has 0 unspecified atom stereocenters. The summed E-state index contributed by atoms with van der Waals surface area (Å²) in [7, 11) is 0. The third-order valence-electron chi connectivity index (χ3n) is 4.54. The average molecular weight is 398 g/mol. The first kappa shape index (κ1) is 17.9. The van der Waals surface area contributed by atoms with Crippen molar-refractivity contribution < 1.29 is 9.59 Å². The van der Waals surface area contributed by atoms with Gasteiger partial charge < -0.3 is 5.32 Å². The Hall–Kier alpha value is -2.51. The minimum absolute atomic E-state index is 0.00980. The maximum Gasteiger partial charge on any atom is 0.257 e. The van der Waals surface area contributed by atoms with E-state index < -0.39 is 0 Å². The number of carbonyl (C=O) groups excluding carboxylic acids is 2. The van der Waals surface area contributed by atoms with Crippen LogP contribution >= 0.6 is 22.7 Å². The molecule has 138 valence electrons. The SMILES string of the molecule is O=C(Nc1nc2c(s1)CCC[C@H]2C(=O)NCc1cccs1)c1ccccc1. The molecule has 27 heavy (non-hydrogen) atoms. The zero-order valence-electron chi connectivity index (χ0n) is 14.6. The number of aromatic nitrogens is 1. The Morgan fingerprint density at radius 1 is 1.15 bits per heavy atom. The van der Waals surface area contributed by atoms with E-state index in [1.165, 1.54) is 11.3 Å². The van der Waals surface area contributed by atoms with Crippen LogP contribution in [-0.4, -0.2) is 16.8 Å². The standard InChI is InChI=1S/C20H19N3O2S2/c24-18(13-6-2-1-3-7-13)23-20-22-17-15(9-4-10-16(17)27-20)19(25)21-12-14-8-5-11-26-14/h1-3,5-8,11,15H,4,9-10,12H2,(H,21,25)(H,22,23,24)/t15-/m1/s1. The highest BCUT2D eigenvalue weighted by Crippen LogP contribution is 2.37. The van der Waals surface area contributed by atoms with Gasteiger partial charge in [-0.05, 0) is 42.8 Å². The van der Waals surface area contributed by atoms with E-state index in [1.54, 1.807) is 23.5 Å². The molecule has 7 heteroatoms. The highest BCUT2D eigenvalue weighted by Gasteiger charge is 2.30. The number of hydrogen-bond donors (Lipinski definition) is 2. The number of nitrogens with zero attached hydrogens (tertiary/aromatic N) is 1. The van der Waals surface area contributed by atoms with Crippen molar-refractivity contribution in [3.63, 3.8) is 0 Å².